The van der Waals surface area contributed by atoms with Crippen molar-refractivity contribution in [3.63, 3.8) is 0 Å². The summed E-state index contributed by atoms with van der Waals surface area (Å²) in [6, 6.07) is 6.16. The molecule has 0 bridgehead atoms. The molecule has 2 aliphatic rings. The summed E-state index contributed by atoms with van der Waals surface area (Å²) in [5.74, 6) is 1.91. The normalized spacial score (nSPS) is 18.4. The summed E-state index contributed by atoms with van der Waals surface area (Å²) in [6.45, 7) is 3.45. The Morgan fingerprint density at radius 3 is 2.70 bits per heavy atom. The standard InChI is InChI=1S/C19H25N7O/c27-14-15-13-22-19(24-18(15)23-16-5-1-2-6-16)26(17-7-3-4-8-21-17)25-11-9-20-10-12-25/h3-4,7-8,13-14,16,20H,1-2,5-6,9-12H2,(H,22,23,24). The Balaban J connectivity index is 1.69. The lowest BCUT2D eigenvalue weighted by atomic mass is 10.2. The first kappa shape index (κ1) is 17.8. The second-order valence-electron chi connectivity index (χ2n) is 6.92. The number of carbonyl (C=O) groups is 1. The Bertz CT molecular complexity index is 758. The number of aromatic nitrogens is 3. The molecule has 8 heteroatoms. The van der Waals surface area contributed by atoms with E-state index in [-0.39, 0.29) is 0 Å². The third-order valence-corrected chi connectivity index (χ3v) is 5.06. The highest BCUT2D eigenvalue weighted by molar-refractivity contribution is 5.82. The highest BCUT2D eigenvalue weighted by Gasteiger charge is 2.25. The van der Waals surface area contributed by atoms with Crippen LogP contribution in [0.2, 0.25) is 0 Å². The van der Waals surface area contributed by atoms with Crippen LogP contribution in [0.3, 0.4) is 0 Å². The van der Waals surface area contributed by atoms with Crippen LogP contribution in [0.5, 0.6) is 0 Å². The number of pyridine rings is 1. The molecular weight excluding hydrogens is 342 g/mol. The summed E-state index contributed by atoms with van der Waals surface area (Å²) >= 11 is 0. The van der Waals surface area contributed by atoms with Crippen LogP contribution in [0.1, 0.15) is 36.0 Å². The number of aldehydes is 1. The van der Waals surface area contributed by atoms with Crippen LogP contribution in [-0.4, -0.2) is 58.5 Å². The van der Waals surface area contributed by atoms with Gasteiger partial charge in [-0.15, -0.1) is 0 Å². The van der Waals surface area contributed by atoms with E-state index >= 15 is 0 Å². The van der Waals surface area contributed by atoms with E-state index in [4.69, 9.17) is 4.98 Å². The molecule has 0 spiro atoms. The molecule has 2 N–H and O–H groups in total. The van der Waals surface area contributed by atoms with Gasteiger partial charge in [-0.3, -0.25) is 4.79 Å². The summed E-state index contributed by atoms with van der Waals surface area (Å²) in [4.78, 5) is 25.2. The minimum absolute atomic E-state index is 0.369. The van der Waals surface area contributed by atoms with E-state index in [0.29, 0.717) is 23.4 Å². The molecule has 1 saturated heterocycles. The average molecular weight is 367 g/mol. The summed E-state index contributed by atoms with van der Waals surface area (Å²) in [5, 5.41) is 11.0. The molecule has 0 unspecified atom stereocenters. The van der Waals surface area contributed by atoms with Crippen molar-refractivity contribution in [1.29, 1.82) is 0 Å². The lowest BCUT2D eigenvalue weighted by molar-refractivity contribution is 0.112. The molecule has 1 aliphatic carbocycles. The monoisotopic (exact) mass is 367 g/mol. The summed E-state index contributed by atoms with van der Waals surface area (Å²) in [5.41, 5.74) is 0.493. The highest BCUT2D eigenvalue weighted by Crippen LogP contribution is 2.27. The number of piperazine rings is 1. The average Bonchev–Trinajstić information content (AvgIpc) is 3.23. The number of rotatable bonds is 6. The van der Waals surface area contributed by atoms with Crippen molar-refractivity contribution >= 4 is 23.9 Å². The molecule has 2 fully saturated rings. The fourth-order valence-electron chi connectivity index (χ4n) is 3.66. The zero-order chi connectivity index (χ0) is 18.5. The van der Waals surface area contributed by atoms with Gasteiger partial charge in [-0.1, -0.05) is 18.9 Å². The predicted octanol–water partition coefficient (Wildman–Crippen LogP) is 2.00. The first-order valence-corrected chi connectivity index (χ1v) is 9.60. The molecule has 0 radical (unpaired) electrons. The van der Waals surface area contributed by atoms with Gasteiger partial charge in [0.25, 0.3) is 0 Å². The Morgan fingerprint density at radius 2 is 2.00 bits per heavy atom. The fourth-order valence-corrected chi connectivity index (χ4v) is 3.66. The molecule has 142 valence electrons. The summed E-state index contributed by atoms with van der Waals surface area (Å²) in [7, 11) is 0. The van der Waals surface area contributed by atoms with Gasteiger partial charge in [-0.2, -0.15) is 4.98 Å². The van der Waals surface area contributed by atoms with E-state index in [2.05, 4.69) is 25.6 Å². The second-order valence-corrected chi connectivity index (χ2v) is 6.92. The van der Waals surface area contributed by atoms with E-state index in [9.17, 15) is 4.79 Å². The molecule has 1 aliphatic heterocycles. The number of hydrogen-bond acceptors (Lipinski definition) is 8. The minimum atomic E-state index is 0.369. The number of nitrogens with zero attached hydrogens (tertiary/aromatic N) is 5. The van der Waals surface area contributed by atoms with Gasteiger partial charge in [0.15, 0.2) is 6.29 Å². The summed E-state index contributed by atoms with van der Waals surface area (Å²) < 4.78 is 0. The highest BCUT2D eigenvalue weighted by atomic mass is 16.1. The van der Waals surface area contributed by atoms with Gasteiger partial charge >= 0.3 is 0 Å². The predicted molar refractivity (Wildman–Crippen MR) is 104 cm³/mol. The number of carbonyl (C=O) groups excluding carboxylic acids is 1. The van der Waals surface area contributed by atoms with E-state index in [1.54, 1.807) is 12.4 Å². The van der Waals surface area contributed by atoms with Crippen molar-refractivity contribution in [2.24, 2.45) is 0 Å². The van der Waals surface area contributed by atoms with E-state index < -0.39 is 0 Å². The Morgan fingerprint density at radius 1 is 1.19 bits per heavy atom. The van der Waals surface area contributed by atoms with Crippen LogP contribution in [0.4, 0.5) is 17.6 Å². The maximum absolute atomic E-state index is 11.5. The lowest BCUT2D eigenvalue weighted by Crippen LogP contribution is -2.51. The van der Waals surface area contributed by atoms with E-state index in [0.717, 1.165) is 51.1 Å². The Hall–Kier alpha value is -2.58. The van der Waals surface area contributed by atoms with Crippen LogP contribution in [0.25, 0.3) is 0 Å². The van der Waals surface area contributed by atoms with Gasteiger partial charge in [0, 0.05) is 44.6 Å². The van der Waals surface area contributed by atoms with Crippen LogP contribution in [0.15, 0.2) is 30.6 Å². The number of anilines is 3. The van der Waals surface area contributed by atoms with Crippen LogP contribution >= 0.6 is 0 Å². The molecule has 4 rings (SSSR count). The summed E-state index contributed by atoms with van der Waals surface area (Å²) in [6.07, 6.45) is 8.84. The molecule has 0 amide bonds. The van der Waals surface area contributed by atoms with Gasteiger partial charge in [-0.25, -0.2) is 20.0 Å². The Kier molecular flexibility index (Phi) is 5.55. The number of hydrogen-bond donors (Lipinski definition) is 2. The van der Waals surface area contributed by atoms with Crippen molar-refractivity contribution in [3.05, 3.63) is 36.2 Å². The molecule has 3 heterocycles. The third kappa shape index (κ3) is 4.06. The van der Waals surface area contributed by atoms with Crippen molar-refractivity contribution in [3.8, 4) is 0 Å². The maximum Gasteiger partial charge on any atom is 0.248 e. The third-order valence-electron chi connectivity index (χ3n) is 5.06. The first-order chi connectivity index (χ1) is 13.3. The lowest BCUT2D eigenvalue weighted by Gasteiger charge is -2.36. The molecule has 1 saturated carbocycles. The maximum atomic E-state index is 11.5. The van der Waals surface area contributed by atoms with E-state index in [1.807, 2.05) is 23.2 Å². The molecular formula is C19H25N7O. The van der Waals surface area contributed by atoms with Gasteiger partial charge in [0.1, 0.15) is 11.6 Å². The first-order valence-electron chi connectivity index (χ1n) is 9.60. The quantitative estimate of drug-likeness (QED) is 0.750. The zero-order valence-corrected chi connectivity index (χ0v) is 15.3. The molecule has 2 aromatic rings. The van der Waals surface area contributed by atoms with Gasteiger partial charge in [0.05, 0.1) is 5.56 Å². The zero-order valence-electron chi connectivity index (χ0n) is 15.3. The van der Waals surface area contributed by atoms with Crippen molar-refractivity contribution in [2.75, 3.05) is 36.5 Å². The van der Waals surface area contributed by atoms with Crippen molar-refractivity contribution in [1.82, 2.24) is 25.3 Å². The minimum Gasteiger partial charge on any atom is -0.367 e. The van der Waals surface area contributed by atoms with Gasteiger partial charge in [0.2, 0.25) is 5.95 Å². The molecule has 27 heavy (non-hydrogen) atoms. The fraction of sp³-hybridized carbons (Fsp3) is 0.474. The topological polar surface area (TPSA) is 86.3 Å². The van der Waals surface area contributed by atoms with Crippen LogP contribution in [0, 0.1) is 0 Å². The van der Waals surface area contributed by atoms with Crippen LogP contribution < -0.4 is 15.6 Å². The van der Waals surface area contributed by atoms with E-state index in [1.165, 1.54) is 12.8 Å². The molecule has 8 nitrogen and oxygen atoms in total. The van der Waals surface area contributed by atoms with Gasteiger partial charge in [-0.05, 0) is 25.0 Å². The van der Waals surface area contributed by atoms with Crippen molar-refractivity contribution in [2.45, 2.75) is 31.7 Å². The number of nitrogens with one attached hydrogen (secondary N) is 2. The number of hydrazine groups is 1. The largest absolute Gasteiger partial charge is 0.367 e. The molecule has 2 aromatic heterocycles. The Labute approximate surface area is 159 Å². The molecule has 0 atom stereocenters. The second kappa shape index (κ2) is 8.41. The SMILES string of the molecule is O=Cc1cnc(N(c2ccccn2)N2CCNCC2)nc1NC1CCCC1. The van der Waals surface area contributed by atoms with Crippen LogP contribution in [-0.2, 0) is 0 Å². The molecule has 0 aromatic carbocycles. The smallest absolute Gasteiger partial charge is 0.248 e. The van der Waals surface area contributed by atoms with Gasteiger partial charge < -0.3 is 10.6 Å². The van der Waals surface area contributed by atoms with Crippen molar-refractivity contribution < 1.29 is 4.79 Å².